The van der Waals surface area contributed by atoms with Crippen LogP contribution in [0.25, 0.3) is 11.1 Å². The lowest BCUT2D eigenvalue weighted by atomic mass is 9.65. The Kier molecular flexibility index (Phi) is 8.60. The van der Waals surface area contributed by atoms with Crippen LogP contribution in [0.4, 0.5) is 0 Å². The SMILES string of the molecule is CC(C)c1cc(C(C)C)c(-c2ccccc2C(C2CCCCC2)C2CCCCC2)c(C(C)C)c1. The van der Waals surface area contributed by atoms with E-state index in [0.29, 0.717) is 17.8 Å². The summed E-state index contributed by atoms with van der Waals surface area (Å²) < 4.78 is 0. The fraction of sp³-hybridized carbons (Fsp3) is 0.647. The molecule has 0 nitrogen and oxygen atoms in total. The van der Waals surface area contributed by atoms with Crippen molar-refractivity contribution in [3.8, 4) is 11.1 Å². The molecule has 2 aliphatic carbocycles. The van der Waals surface area contributed by atoms with Crippen molar-refractivity contribution in [3.05, 3.63) is 58.7 Å². The van der Waals surface area contributed by atoms with Crippen LogP contribution < -0.4 is 0 Å². The minimum atomic E-state index is 0.530. The van der Waals surface area contributed by atoms with Gasteiger partial charge in [0.05, 0.1) is 0 Å². The van der Waals surface area contributed by atoms with Crippen LogP contribution in [0.3, 0.4) is 0 Å². The minimum absolute atomic E-state index is 0.530. The summed E-state index contributed by atoms with van der Waals surface area (Å²) in [4.78, 5) is 0. The van der Waals surface area contributed by atoms with Gasteiger partial charge < -0.3 is 0 Å². The standard InChI is InChI=1S/C34H50/c1-23(2)28-21-31(24(3)4)34(32(22-28)25(5)6)30-20-14-13-19-29(30)33(26-15-9-7-10-16-26)27-17-11-8-12-18-27/h13-14,19-27,33H,7-12,15-18H2,1-6H3. The molecule has 0 bridgehead atoms. The Hall–Kier alpha value is -1.56. The van der Waals surface area contributed by atoms with Crippen molar-refractivity contribution in [2.24, 2.45) is 11.8 Å². The van der Waals surface area contributed by atoms with E-state index in [1.165, 1.54) is 69.8 Å². The Morgan fingerprint density at radius 1 is 0.559 bits per heavy atom. The molecule has 0 atom stereocenters. The van der Waals surface area contributed by atoms with Crippen molar-refractivity contribution in [1.82, 2.24) is 0 Å². The first-order valence-corrected chi connectivity index (χ1v) is 14.7. The third-order valence-electron chi connectivity index (χ3n) is 9.04. The maximum atomic E-state index is 2.55. The van der Waals surface area contributed by atoms with Crippen LogP contribution in [0.5, 0.6) is 0 Å². The van der Waals surface area contributed by atoms with Gasteiger partial charge in [0.1, 0.15) is 0 Å². The van der Waals surface area contributed by atoms with Gasteiger partial charge in [-0.2, -0.15) is 0 Å². The summed E-state index contributed by atoms with van der Waals surface area (Å²) in [6.45, 7) is 14.3. The number of hydrogen-bond acceptors (Lipinski definition) is 0. The molecule has 0 aliphatic heterocycles. The van der Waals surface area contributed by atoms with Gasteiger partial charge >= 0.3 is 0 Å². The first-order chi connectivity index (χ1) is 16.4. The summed E-state index contributed by atoms with van der Waals surface area (Å²) in [6, 6.07) is 14.8. The normalized spacial score (nSPS) is 18.5. The largest absolute Gasteiger partial charge is 0.0619 e. The molecule has 0 radical (unpaired) electrons. The summed E-state index contributed by atoms with van der Waals surface area (Å²) >= 11 is 0. The first kappa shape index (κ1) is 25.5. The van der Waals surface area contributed by atoms with E-state index in [1.807, 2.05) is 0 Å². The molecule has 0 unspecified atom stereocenters. The molecule has 2 aromatic carbocycles. The number of rotatable bonds is 7. The lowest BCUT2D eigenvalue weighted by Gasteiger charge is -2.39. The van der Waals surface area contributed by atoms with Gasteiger partial charge in [0.15, 0.2) is 0 Å². The molecular weight excluding hydrogens is 408 g/mol. The fourth-order valence-corrected chi connectivity index (χ4v) is 7.16. The van der Waals surface area contributed by atoms with Gasteiger partial charge in [-0.1, -0.05) is 116 Å². The molecule has 0 aromatic heterocycles. The van der Waals surface area contributed by atoms with Crippen molar-refractivity contribution >= 4 is 0 Å². The summed E-state index contributed by atoms with van der Waals surface area (Å²) in [7, 11) is 0. The third kappa shape index (κ3) is 5.47. The molecule has 0 spiro atoms. The second kappa shape index (κ2) is 11.5. The molecule has 0 amide bonds. The Bertz CT molecular complexity index is 872. The molecule has 2 aliphatic rings. The monoisotopic (exact) mass is 458 g/mol. The van der Waals surface area contributed by atoms with E-state index in [2.05, 4.69) is 77.9 Å². The van der Waals surface area contributed by atoms with Crippen LogP contribution >= 0.6 is 0 Å². The Morgan fingerprint density at radius 2 is 1.03 bits per heavy atom. The van der Waals surface area contributed by atoms with Crippen LogP contribution in [0.2, 0.25) is 0 Å². The van der Waals surface area contributed by atoms with Crippen molar-refractivity contribution in [1.29, 1.82) is 0 Å². The molecule has 186 valence electrons. The maximum absolute atomic E-state index is 2.55. The van der Waals surface area contributed by atoms with Crippen molar-refractivity contribution < 1.29 is 0 Å². The molecule has 0 saturated heterocycles. The number of hydrogen-bond donors (Lipinski definition) is 0. The molecule has 0 heterocycles. The van der Waals surface area contributed by atoms with E-state index in [9.17, 15) is 0 Å². The lowest BCUT2D eigenvalue weighted by Crippen LogP contribution is -2.26. The zero-order chi connectivity index (χ0) is 24.2. The highest BCUT2D eigenvalue weighted by Gasteiger charge is 2.34. The lowest BCUT2D eigenvalue weighted by molar-refractivity contribution is 0.203. The Balaban J connectivity index is 1.91. The number of benzene rings is 2. The van der Waals surface area contributed by atoms with Crippen LogP contribution in [0.15, 0.2) is 36.4 Å². The smallest absolute Gasteiger partial charge is 0.00991 e. The summed E-state index contributed by atoms with van der Waals surface area (Å²) in [5.74, 6) is 4.11. The van der Waals surface area contributed by atoms with E-state index in [4.69, 9.17) is 0 Å². The van der Waals surface area contributed by atoms with Gasteiger partial charge in [-0.15, -0.1) is 0 Å². The van der Waals surface area contributed by atoms with Crippen molar-refractivity contribution in [2.45, 2.75) is 129 Å². The quantitative estimate of drug-likeness (QED) is 0.387. The second-order valence-electron chi connectivity index (χ2n) is 12.4. The van der Waals surface area contributed by atoms with Gasteiger partial charge in [0.25, 0.3) is 0 Å². The summed E-state index contributed by atoms with van der Waals surface area (Å²) in [5.41, 5.74) is 9.45. The van der Waals surface area contributed by atoms with Gasteiger partial charge in [-0.3, -0.25) is 0 Å². The van der Waals surface area contributed by atoms with Gasteiger partial charge in [0.2, 0.25) is 0 Å². The highest BCUT2D eigenvalue weighted by molar-refractivity contribution is 5.76. The van der Waals surface area contributed by atoms with E-state index in [1.54, 1.807) is 27.8 Å². The highest BCUT2D eigenvalue weighted by atomic mass is 14.4. The minimum Gasteiger partial charge on any atom is -0.0619 e. The molecule has 0 N–H and O–H groups in total. The summed E-state index contributed by atoms with van der Waals surface area (Å²) in [5, 5.41) is 0. The predicted octanol–water partition coefficient (Wildman–Crippen LogP) is 11.0. The fourth-order valence-electron chi connectivity index (χ4n) is 7.16. The highest BCUT2D eigenvalue weighted by Crippen LogP contribution is 2.50. The maximum Gasteiger partial charge on any atom is -0.00991 e. The van der Waals surface area contributed by atoms with Gasteiger partial charge in [-0.05, 0) is 94.6 Å². The summed E-state index contributed by atoms with van der Waals surface area (Å²) in [6.07, 6.45) is 14.4. The molecule has 2 aromatic rings. The first-order valence-electron chi connectivity index (χ1n) is 14.7. The molecular formula is C34H50. The topological polar surface area (TPSA) is 0 Å². The van der Waals surface area contributed by atoms with Crippen molar-refractivity contribution in [2.75, 3.05) is 0 Å². The molecule has 34 heavy (non-hydrogen) atoms. The van der Waals surface area contributed by atoms with Gasteiger partial charge in [0, 0.05) is 0 Å². The van der Waals surface area contributed by atoms with E-state index in [-0.39, 0.29) is 0 Å². The molecule has 2 fully saturated rings. The van der Waals surface area contributed by atoms with Crippen LogP contribution in [0, 0.1) is 11.8 Å². The average molecular weight is 459 g/mol. The Labute approximate surface area is 211 Å². The third-order valence-corrected chi connectivity index (χ3v) is 9.04. The molecule has 2 saturated carbocycles. The zero-order valence-corrected chi connectivity index (χ0v) is 23.0. The van der Waals surface area contributed by atoms with Crippen LogP contribution in [-0.2, 0) is 0 Å². The van der Waals surface area contributed by atoms with Gasteiger partial charge in [-0.25, -0.2) is 0 Å². The van der Waals surface area contributed by atoms with Crippen LogP contribution in [0.1, 0.15) is 152 Å². The van der Waals surface area contributed by atoms with E-state index < -0.39 is 0 Å². The predicted molar refractivity (Wildman–Crippen MR) is 150 cm³/mol. The second-order valence-corrected chi connectivity index (χ2v) is 12.4. The molecule has 4 rings (SSSR count). The zero-order valence-electron chi connectivity index (χ0n) is 23.0. The molecule has 0 heteroatoms. The Morgan fingerprint density at radius 3 is 1.47 bits per heavy atom. The average Bonchev–Trinajstić information content (AvgIpc) is 2.85. The van der Waals surface area contributed by atoms with E-state index >= 15 is 0 Å². The van der Waals surface area contributed by atoms with Crippen molar-refractivity contribution in [3.63, 3.8) is 0 Å². The van der Waals surface area contributed by atoms with E-state index in [0.717, 1.165) is 17.8 Å². The van der Waals surface area contributed by atoms with Crippen LogP contribution in [-0.4, -0.2) is 0 Å².